The predicted octanol–water partition coefficient (Wildman–Crippen LogP) is 6.99. The molecule has 0 saturated carbocycles. The zero-order chi connectivity index (χ0) is 23.2. The van der Waals surface area contributed by atoms with E-state index in [1.165, 1.54) is 16.7 Å². The summed E-state index contributed by atoms with van der Waals surface area (Å²) in [5.74, 6) is 0. The van der Waals surface area contributed by atoms with Crippen LogP contribution in [0, 0.1) is 0 Å². The fourth-order valence-electron chi connectivity index (χ4n) is 4.79. The Morgan fingerprint density at radius 3 is 0.909 bits per heavy atom. The first kappa shape index (κ1) is 24.3. The van der Waals surface area contributed by atoms with Crippen LogP contribution in [0.25, 0.3) is 0 Å². The lowest BCUT2D eigenvalue weighted by Gasteiger charge is -2.50. The second kappa shape index (κ2) is 10.6. The Balaban J connectivity index is 1.51. The molecule has 1 saturated heterocycles. The van der Waals surface area contributed by atoms with Gasteiger partial charge in [-0.15, -0.1) is 0 Å². The van der Waals surface area contributed by atoms with Crippen LogP contribution in [0.5, 0.6) is 0 Å². The summed E-state index contributed by atoms with van der Waals surface area (Å²) in [6.45, 7) is 6.83. The molecular weight excluding hydrogens is 457 g/mol. The standard InChI is InChI=1S/C27H36O3Si3/c1-31(22-19-25-13-7-4-8-14-25)28-32(2,23-20-26-15-9-5-10-16-26)30-33(3,29-31)24-21-27-17-11-6-12-18-27/h4-18H,19-24H2,1-3H3. The average molecular weight is 493 g/mol. The molecule has 174 valence electrons. The van der Waals surface area contributed by atoms with Crippen LogP contribution in [0.15, 0.2) is 91.0 Å². The number of aryl methyl sites for hydroxylation is 3. The molecule has 1 aliphatic heterocycles. The van der Waals surface area contributed by atoms with Gasteiger partial charge in [0, 0.05) is 0 Å². The van der Waals surface area contributed by atoms with E-state index in [9.17, 15) is 0 Å². The molecule has 0 amide bonds. The highest BCUT2D eigenvalue weighted by Gasteiger charge is 2.55. The van der Waals surface area contributed by atoms with Gasteiger partial charge < -0.3 is 12.3 Å². The van der Waals surface area contributed by atoms with Crippen LogP contribution in [0.4, 0.5) is 0 Å². The molecule has 1 aliphatic rings. The second-order valence-corrected chi connectivity index (χ2v) is 20.4. The Labute approximate surface area is 202 Å². The molecule has 0 unspecified atom stereocenters. The molecule has 3 aromatic rings. The molecule has 0 aliphatic carbocycles. The van der Waals surface area contributed by atoms with Crippen molar-refractivity contribution in [1.82, 2.24) is 0 Å². The van der Waals surface area contributed by atoms with Crippen molar-refractivity contribution in [2.75, 3.05) is 0 Å². The highest BCUT2D eigenvalue weighted by atomic mass is 28.5. The van der Waals surface area contributed by atoms with Gasteiger partial charge in [0.1, 0.15) is 0 Å². The van der Waals surface area contributed by atoms with Gasteiger partial charge in [-0.2, -0.15) is 0 Å². The first-order chi connectivity index (χ1) is 15.9. The quantitative estimate of drug-likeness (QED) is 0.301. The van der Waals surface area contributed by atoms with Crippen LogP contribution in [0.2, 0.25) is 37.8 Å². The number of hydrogen-bond acceptors (Lipinski definition) is 3. The molecule has 3 nitrogen and oxygen atoms in total. The molecule has 0 spiro atoms. The first-order valence-corrected chi connectivity index (χ1v) is 19.6. The third-order valence-electron chi connectivity index (χ3n) is 6.43. The minimum absolute atomic E-state index is 0.974. The van der Waals surface area contributed by atoms with E-state index in [4.69, 9.17) is 12.3 Å². The summed E-state index contributed by atoms with van der Waals surface area (Å²) in [6, 6.07) is 35.0. The Morgan fingerprint density at radius 1 is 0.424 bits per heavy atom. The zero-order valence-electron chi connectivity index (χ0n) is 20.1. The maximum atomic E-state index is 6.92. The number of rotatable bonds is 9. The van der Waals surface area contributed by atoms with Crippen LogP contribution < -0.4 is 0 Å². The molecule has 1 fully saturated rings. The zero-order valence-corrected chi connectivity index (χ0v) is 23.1. The van der Waals surface area contributed by atoms with Gasteiger partial charge in [-0.25, -0.2) is 0 Å². The topological polar surface area (TPSA) is 27.7 Å². The molecular formula is C27H36O3Si3. The molecule has 6 heteroatoms. The van der Waals surface area contributed by atoms with E-state index in [1.54, 1.807) is 0 Å². The Morgan fingerprint density at radius 2 is 0.667 bits per heavy atom. The molecule has 3 aromatic carbocycles. The van der Waals surface area contributed by atoms with Crippen molar-refractivity contribution < 1.29 is 12.3 Å². The molecule has 1 heterocycles. The smallest absolute Gasteiger partial charge is 0.317 e. The molecule has 0 radical (unpaired) electrons. The van der Waals surface area contributed by atoms with Gasteiger partial charge in [0.2, 0.25) is 0 Å². The minimum Gasteiger partial charge on any atom is -0.416 e. The van der Waals surface area contributed by atoms with Crippen molar-refractivity contribution in [3.63, 3.8) is 0 Å². The fraction of sp³-hybridized carbons (Fsp3) is 0.333. The Bertz CT molecular complexity index is 861. The summed E-state index contributed by atoms with van der Waals surface area (Å²) in [4.78, 5) is 0. The minimum atomic E-state index is -2.37. The lowest BCUT2D eigenvalue weighted by Crippen LogP contribution is -2.67. The molecule has 0 N–H and O–H groups in total. The predicted molar refractivity (Wildman–Crippen MR) is 143 cm³/mol. The van der Waals surface area contributed by atoms with Gasteiger partial charge in [0.15, 0.2) is 0 Å². The molecule has 4 rings (SSSR count). The summed E-state index contributed by atoms with van der Waals surface area (Å²) in [7, 11) is -7.10. The van der Waals surface area contributed by atoms with Gasteiger partial charge in [-0.05, 0) is 73.7 Å². The maximum absolute atomic E-state index is 6.92. The summed E-state index contributed by atoms with van der Waals surface area (Å²) < 4.78 is 20.8. The fourth-order valence-corrected chi connectivity index (χ4v) is 22.1. The van der Waals surface area contributed by atoms with Crippen molar-refractivity contribution in [2.45, 2.75) is 57.0 Å². The number of hydrogen-bond donors (Lipinski definition) is 0. The normalized spacial score (nSPS) is 27.4. The van der Waals surface area contributed by atoms with Gasteiger partial charge in [0.05, 0.1) is 0 Å². The Hall–Kier alpha value is -1.81. The van der Waals surface area contributed by atoms with Crippen molar-refractivity contribution in [3.05, 3.63) is 108 Å². The molecule has 0 bridgehead atoms. The van der Waals surface area contributed by atoms with Crippen molar-refractivity contribution in [2.24, 2.45) is 0 Å². The van der Waals surface area contributed by atoms with E-state index in [2.05, 4.69) is 111 Å². The third kappa shape index (κ3) is 7.09. The van der Waals surface area contributed by atoms with Gasteiger partial charge in [-0.3, -0.25) is 0 Å². The van der Waals surface area contributed by atoms with E-state index in [-0.39, 0.29) is 0 Å². The molecule has 0 aromatic heterocycles. The van der Waals surface area contributed by atoms with Crippen LogP contribution in [-0.2, 0) is 31.6 Å². The van der Waals surface area contributed by atoms with E-state index < -0.39 is 25.7 Å². The first-order valence-electron chi connectivity index (χ1n) is 12.1. The van der Waals surface area contributed by atoms with Gasteiger partial charge >= 0.3 is 25.7 Å². The second-order valence-electron chi connectivity index (χ2n) is 9.66. The summed E-state index contributed by atoms with van der Waals surface area (Å²) >= 11 is 0. The highest BCUT2D eigenvalue weighted by Crippen LogP contribution is 2.38. The largest absolute Gasteiger partial charge is 0.416 e. The van der Waals surface area contributed by atoms with Crippen molar-refractivity contribution >= 4 is 25.7 Å². The van der Waals surface area contributed by atoms with Crippen molar-refractivity contribution in [3.8, 4) is 0 Å². The van der Waals surface area contributed by atoms with Crippen LogP contribution >= 0.6 is 0 Å². The number of benzene rings is 3. The van der Waals surface area contributed by atoms with Crippen molar-refractivity contribution in [1.29, 1.82) is 0 Å². The maximum Gasteiger partial charge on any atom is 0.317 e. The Kier molecular flexibility index (Phi) is 7.83. The summed E-state index contributed by atoms with van der Waals surface area (Å²) in [5, 5.41) is 0. The molecule has 0 atom stereocenters. The van der Waals surface area contributed by atoms with E-state index in [1.807, 2.05) is 0 Å². The third-order valence-corrected chi connectivity index (χ3v) is 20.3. The average Bonchev–Trinajstić information content (AvgIpc) is 2.82. The highest BCUT2D eigenvalue weighted by molar-refractivity contribution is 6.93. The van der Waals surface area contributed by atoms with Crippen LogP contribution in [0.1, 0.15) is 16.7 Å². The van der Waals surface area contributed by atoms with Crippen LogP contribution in [0.3, 0.4) is 0 Å². The van der Waals surface area contributed by atoms with E-state index >= 15 is 0 Å². The molecule has 33 heavy (non-hydrogen) atoms. The lowest BCUT2D eigenvalue weighted by atomic mass is 10.2. The lowest BCUT2D eigenvalue weighted by molar-refractivity contribution is 0.221. The summed E-state index contributed by atoms with van der Waals surface area (Å²) in [5.41, 5.74) is 4.06. The monoisotopic (exact) mass is 492 g/mol. The summed E-state index contributed by atoms with van der Waals surface area (Å²) in [6.07, 6.45) is 2.99. The van der Waals surface area contributed by atoms with Crippen LogP contribution in [-0.4, -0.2) is 25.7 Å². The SMILES string of the molecule is C[Si]1(CCc2ccccc2)O[Si](C)(CCc2ccccc2)O[Si](C)(CCc2ccccc2)O1. The van der Waals surface area contributed by atoms with Gasteiger partial charge in [-0.1, -0.05) is 91.0 Å². The van der Waals surface area contributed by atoms with Gasteiger partial charge in [0.25, 0.3) is 0 Å². The van der Waals surface area contributed by atoms with E-state index in [0.29, 0.717) is 0 Å². The van der Waals surface area contributed by atoms with E-state index in [0.717, 1.165) is 37.4 Å².